The zero-order valence-electron chi connectivity index (χ0n) is 33.2. The van der Waals surface area contributed by atoms with Crippen molar-refractivity contribution >= 4 is 46.3 Å². The Labute approximate surface area is 334 Å². The van der Waals surface area contributed by atoms with Crippen molar-refractivity contribution in [2.75, 3.05) is 26.7 Å². The van der Waals surface area contributed by atoms with E-state index in [1.807, 2.05) is 74.6 Å². The highest BCUT2D eigenvalue weighted by molar-refractivity contribution is 5.99. The van der Waals surface area contributed by atoms with E-state index in [9.17, 15) is 28.8 Å². The lowest BCUT2D eigenvalue weighted by atomic mass is 9.93. The molecule has 4 N–H and O–H groups in total. The van der Waals surface area contributed by atoms with Gasteiger partial charge in [-0.2, -0.15) is 0 Å². The lowest BCUT2D eigenvalue weighted by molar-refractivity contribution is -0.161. The minimum absolute atomic E-state index is 0.129. The fourth-order valence-corrected chi connectivity index (χ4v) is 9.04. The van der Waals surface area contributed by atoms with Gasteiger partial charge in [-0.05, 0) is 68.1 Å². The molecule has 0 saturated carbocycles. The van der Waals surface area contributed by atoms with Crippen molar-refractivity contribution < 1.29 is 28.8 Å². The van der Waals surface area contributed by atoms with Gasteiger partial charge in [-0.25, -0.2) is 5.43 Å². The van der Waals surface area contributed by atoms with Gasteiger partial charge in [-0.3, -0.25) is 33.8 Å². The van der Waals surface area contributed by atoms with Gasteiger partial charge in [-0.1, -0.05) is 68.8 Å². The normalized spacial score (nSPS) is 27.6. The van der Waals surface area contributed by atoms with Gasteiger partial charge in [0.1, 0.15) is 36.3 Å². The van der Waals surface area contributed by atoms with E-state index in [4.69, 9.17) is 0 Å². The van der Waals surface area contributed by atoms with E-state index in [-0.39, 0.29) is 42.4 Å². The Morgan fingerprint density at radius 2 is 1.40 bits per heavy atom. The molecule has 14 nitrogen and oxygen atoms in total. The predicted octanol–water partition coefficient (Wildman–Crippen LogP) is 2.68. The number of hydrogen-bond donors (Lipinski definition) is 4. The molecule has 1 aromatic heterocycles. The van der Waals surface area contributed by atoms with Crippen LogP contribution in [0.3, 0.4) is 0 Å². The molecule has 4 fully saturated rings. The monoisotopic (exact) mass is 780 g/mol. The van der Waals surface area contributed by atoms with Crippen LogP contribution < -0.4 is 16.1 Å². The first-order chi connectivity index (χ1) is 27.6. The van der Waals surface area contributed by atoms with Gasteiger partial charge >= 0.3 is 0 Å². The van der Waals surface area contributed by atoms with Gasteiger partial charge in [-0.15, -0.1) is 0 Å². The molecule has 0 aliphatic carbocycles. The Bertz CT molecular complexity index is 1970. The summed E-state index contributed by atoms with van der Waals surface area (Å²) in [6.07, 6.45) is 6.51. The third-order valence-corrected chi connectivity index (χ3v) is 12.6. The molecule has 4 saturated heterocycles. The van der Waals surface area contributed by atoms with Crippen molar-refractivity contribution in [3.8, 4) is 0 Å². The van der Waals surface area contributed by atoms with Crippen LogP contribution in [-0.4, -0.2) is 123 Å². The Kier molecular flexibility index (Phi) is 12.3. The largest absolute Gasteiger partial charge is 0.361 e. The van der Waals surface area contributed by atoms with E-state index < -0.39 is 48.1 Å². The smallest absolute Gasteiger partial charge is 0.260 e. The first-order valence-corrected chi connectivity index (χ1v) is 20.7. The number of carbonyl (C=O) groups is 6. The van der Waals surface area contributed by atoms with Crippen molar-refractivity contribution in [1.29, 1.82) is 0 Å². The number of nitrogens with zero attached hydrogens (tertiary/aromatic N) is 4. The van der Waals surface area contributed by atoms with Crippen LogP contribution in [0.5, 0.6) is 0 Å². The number of nitrogens with one attached hydrogen (secondary N) is 4. The van der Waals surface area contributed by atoms with Crippen molar-refractivity contribution in [3.63, 3.8) is 0 Å². The van der Waals surface area contributed by atoms with E-state index in [1.54, 1.807) is 16.8 Å². The van der Waals surface area contributed by atoms with Gasteiger partial charge in [0.2, 0.25) is 29.5 Å². The molecule has 0 bridgehead atoms. The minimum atomic E-state index is -1.09. The van der Waals surface area contributed by atoms with E-state index in [0.29, 0.717) is 64.6 Å². The molecule has 0 radical (unpaired) electrons. The number of amides is 6. The maximum atomic E-state index is 14.8. The average molecular weight is 781 g/mol. The van der Waals surface area contributed by atoms with Crippen molar-refractivity contribution in [2.45, 2.75) is 114 Å². The third-order valence-electron chi connectivity index (χ3n) is 12.6. The molecule has 4 aliphatic rings. The van der Waals surface area contributed by atoms with Crippen molar-refractivity contribution in [2.24, 2.45) is 5.92 Å². The zero-order valence-corrected chi connectivity index (χ0v) is 33.2. The van der Waals surface area contributed by atoms with Crippen LogP contribution >= 0.6 is 0 Å². The quantitative estimate of drug-likeness (QED) is 0.299. The number of para-hydroxylation sites is 1. The summed E-state index contributed by atoms with van der Waals surface area (Å²) in [6.45, 7) is 4.95. The number of carbonyl (C=O) groups excluding carboxylic acids is 6. The number of benzene rings is 2. The molecular formula is C43H56N8O6. The number of piperidine rings is 1. The van der Waals surface area contributed by atoms with Crippen LogP contribution in [0.2, 0.25) is 0 Å². The summed E-state index contributed by atoms with van der Waals surface area (Å²) in [6, 6.07) is 11.5. The minimum Gasteiger partial charge on any atom is -0.361 e. The van der Waals surface area contributed by atoms with Crippen LogP contribution in [0.1, 0.15) is 76.3 Å². The second-order valence-electron chi connectivity index (χ2n) is 16.2. The molecule has 0 spiro atoms. The first kappa shape index (κ1) is 40.0. The Morgan fingerprint density at radius 3 is 2.19 bits per heavy atom. The van der Waals surface area contributed by atoms with Crippen LogP contribution in [0.15, 0.2) is 60.8 Å². The molecule has 304 valence electrons. The highest BCUT2D eigenvalue weighted by atomic mass is 16.2. The number of rotatable bonds is 6. The number of hydrazine groups is 1. The SMILES string of the molecule is CC[C@H](C)[C@@H]1NC(=O)[C@@H](Cc2c[nH]c3ccccc23)NC(=O)[C@@H]2CCCN2C(=O)[C@@H](Cc2ccccc2)N(C)C(=O)[C@@H]2CCCNN2C(=O)[C@H]2CCCCN2C1=O. The maximum absolute atomic E-state index is 14.8. The fraction of sp³-hybridized carbons (Fsp3) is 0.535. The number of H-pyrrole nitrogens is 1. The molecule has 57 heavy (non-hydrogen) atoms. The summed E-state index contributed by atoms with van der Waals surface area (Å²) in [5, 5.41) is 8.35. The molecule has 3 aromatic rings. The molecule has 7 atom stereocenters. The molecule has 7 rings (SSSR count). The molecule has 5 heterocycles. The summed E-state index contributed by atoms with van der Waals surface area (Å²) in [5.41, 5.74) is 5.72. The van der Waals surface area contributed by atoms with E-state index in [1.165, 1.54) is 9.91 Å². The molecule has 14 heteroatoms. The third kappa shape index (κ3) is 8.28. The maximum Gasteiger partial charge on any atom is 0.260 e. The standard InChI is InChI=1S/C43H56N8O6/c1-4-27(2)37-43(57)50-22-11-10-18-34(50)42(56)51-35(19-12-21-45-51)40(54)48(3)36(24-28-14-6-5-7-15-28)41(55)49-23-13-20-33(49)39(53)46-32(38(52)47-37)25-29-26-44-31-17-9-8-16-30(29)31/h5-9,14-17,26-27,32-37,44-45H,4,10-13,18-25H2,1-3H3,(H,46,53)(H,47,52)/t27-,32+,33-,34+,35-,36+,37-/m0/s1. The van der Waals surface area contributed by atoms with Crippen molar-refractivity contribution in [1.82, 2.24) is 40.8 Å². The molecule has 0 unspecified atom stereocenters. The Morgan fingerprint density at radius 1 is 0.702 bits per heavy atom. The Hall–Kier alpha value is -5.24. The highest BCUT2D eigenvalue weighted by Crippen LogP contribution is 2.28. The van der Waals surface area contributed by atoms with Gasteiger partial charge < -0.3 is 30.3 Å². The molecular weight excluding hydrogens is 725 g/mol. The number of hydrogen-bond acceptors (Lipinski definition) is 7. The number of aromatic amines is 1. The summed E-state index contributed by atoms with van der Waals surface area (Å²) in [7, 11) is 1.60. The summed E-state index contributed by atoms with van der Waals surface area (Å²) in [5.74, 6) is -2.77. The van der Waals surface area contributed by atoms with Gasteiger partial charge in [0.05, 0.1) is 0 Å². The van der Waals surface area contributed by atoms with Crippen LogP contribution in [0.4, 0.5) is 0 Å². The second-order valence-corrected chi connectivity index (χ2v) is 16.2. The summed E-state index contributed by atoms with van der Waals surface area (Å²) in [4.78, 5) is 95.7. The number of aromatic nitrogens is 1. The molecule has 2 aromatic carbocycles. The van der Waals surface area contributed by atoms with Gasteiger partial charge in [0.25, 0.3) is 5.91 Å². The zero-order chi connectivity index (χ0) is 40.2. The molecule has 6 amide bonds. The van der Waals surface area contributed by atoms with E-state index in [0.717, 1.165) is 28.5 Å². The highest BCUT2D eigenvalue weighted by Gasteiger charge is 2.46. The average Bonchev–Trinajstić information content (AvgIpc) is 3.91. The van der Waals surface area contributed by atoms with Gasteiger partial charge in [0.15, 0.2) is 0 Å². The van der Waals surface area contributed by atoms with Crippen LogP contribution in [-0.2, 0) is 41.6 Å². The lowest BCUT2D eigenvalue weighted by Crippen LogP contribution is -2.67. The Balaban J connectivity index is 1.30. The van der Waals surface area contributed by atoms with Crippen LogP contribution in [0.25, 0.3) is 10.9 Å². The lowest BCUT2D eigenvalue weighted by Gasteiger charge is -2.44. The second kappa shape index (κ2) is 17.5. The number of likely N-dealkylation sites (N-methyl/N-ethyl adjacent to an activating group) is 1. The van der Waals surface area contributed by atoms with Crippen molar-refractivity contribution in [3.05, 3.63) is 71.9 Å². The van der Waals surface area contributed by atoms with Crippen LogP contribution in [0, 0.1) is 5.92 Å². The molecule has 4 aliphatic heterocycles. The first-order valence-electron chi connectivity index (χ1n) is 20.7. The topological polar surface area (TPSA) is 167 Å². The van der Waals surface area contributed by atoms with E-state index in [2.05, 4.69) is 21.0 Å². The fourth-order valence-electron chi connectivity index (χ4n) is 9.04. The summed E-state index contributed by atoms with van der Waals surface area (Å²) >= 11 is 0. The van der Waals surface area contributed by atoms with E-state index >= 15 is 0 Å². The summed E-state index contributed by atoms with van der Waals surface area (Å²) < 4.78 is 0. The number of fused-ring (bicyclic) bond motifs is 4. The predicted molar refractivity (Wildman–Crippen MR) is 214 cm³/mol. The van der Waals surface area contributed by atoms with Gasteiger partial charge in [0, 0.05) is 56.6 Å².